The second-order valence-electron chi connectivity index (χ2n) is 3.38. The highest BCUT2D eigenvalue weighted by atomic mass is 35.5. The molecule has 0 bridgehead atoms. The van der Waals surface area contributed by atoms with E-state index in [-0.39, 0.29) is 4.87 Å². The van der Waals surface area contributed by atoms with Crippen LogP contribution in [0, 0.1) is 0 Å². The van der Waals surface area contributed by atoms with E-state index in [9.17, 15) is 0 Å². The van der Waals surface area contributed by atoms with E-state index in [1.165, 1.54) is 0 Å². The van der Waals surface area contributed by atoms with Gasteiger partial charge in [-0.05, 0) is 24.5 Å². The first-order chi connectivity index (χ1) is 6.10. The molecule has 0 spiro atoms. The molecule has 0 aliphatic rings. The Morgan fingerprint density at radius 1 is 1.54 bits per heavy atom. The normalized spacial score (nSPS) is 15.0. The third-order valence-corrected chi connectivity index (χ3v) is 2.87. The van der Waals surface area contributed by atoms with E-state index in [2.05, 4.69) is 25.6 Å². The molecule has 0 aliphatic carbocycles. The van der Waals surface area contributed by atoms with Crippen LogP contribution in [0.15, 0.2) is 30.8 Å². The van der Waals surface area contributed by atoms with Gasteiger partial charge in [-0.15, -0.1) is 11.6 Å². The molecule has 0 heterocycles. The molecule has 1 rings (SSSR count). The molecule has 0 N–H and O–H groups in total. The molecule has 0 amide bonds. The zero-order chi connectivity index (χ0) is 9.90. The summed E-state index contributed by atoms with van der Waals surface area (Å²) >= 11 is 6.34. The van der Waals surface area contributed by atoms with Crippen LogP contribution in [-0.2, 0) is 4.87 Å². The number of rotatable bonds is 3. The summed E-state index contributed by atoms with van der Waals surface area (Å²) in [4.78, 5) is -0.251. The molecular weight excluding hydrogens is 180 g/mol. The van der Waals surface area contributed by atoms with Crippen LogP contribution in [0.2, 0.25) is 0 Å². The molecule has 1 heteroatoms. The van der Waals surface area contributed by atoms with Gasteiger partial charge in [-0.1, -0.05) is 43.8 Å². The molecule has 0 aromatic heterocycles. The maximum Gasteiger partial charge on any atom is 0.0664 e. The van der Waals surface area contributed by atoms with Crippen LogP contribution in [0.5, 0.6) is 0 Å². The quantitative estimate of drug-likeness (QED) is 0.633. The molecule has 1 unspecified atom stereocenters. The van der Waals surface area contributed by atoms with Gasteiger partial charge in [0.15, 0.2) is 0 Å². The Morgan fingerprint density at radius 3 is 2.77 bits per heavy atom. The Balaban J connectivity index is 3.08. The maximum atomic E-state index is 6.34. The Morgan fingerprint density at radius 2 is 2.23 bits per heavy atom. The summed E-state index contributed by atoms with van der Waals surface area (Å²) in [5.41, 5.74) is 2.28. The largest absolute Gasteiger partial charge is 0.114 e. The molecule has 0 nitrogen and oxygen atoms in total. The van der Waals surface area contributed by atoms with Crippen LogP contribution < -0.4 is 0 Å². The van der Waals surface area contributed by atoms with Gasteiger partial charge in [0.05, 0.1) is 4.87 Å². The standard InChI is InChI=1S/C12H15Cl/c1-4-10-7-6-8-11(9-10)12(3,13)5-2/h4,6-9H,1,5H2,2-3H3. The van der Waals surface area contributed by atoms with Gasteiger partial charge in [0, 0.05) is 0 Å². The summed E-state index contributed by atoms with van der Waals surface area (Å²) in [6, 6.07) is 8.19. The Bertz CT molecular complexity index is 300. The summed E-state index contributed by atoms with van der Waals surface area (Å²) in [6.07, 6.45) is 2.77. The minimum Gasteiger partial charge on any atom is -0.114 e. The van der Waals surface area contributed by atoms with Crippen LogP contribution in [0.25, 0.3) is 6.08 Å². The third kappa shape index (κ3) is 2.35. The van der Waals surface area contributed by atoms with Crippen molar-refractivity contribution in [2.24, 2.45) is 0 Å². The lowest BCUT2D eigenvalue weighted by atomic mass is 9.96. The van der Waals surface area contributed by atoms with Gasteiger partial charge in [-0.3, -0.25) is 0 Å². The van der Waals surface area contributed by atoms with Crippen molar-refractivity contribution in [1.29, 1.82) is 0 Å². The van der Waals surface area contributed by atoms with E-state index < -0.39 is 0 Å². The number of benzene rings is 1. The van der Waals surface area contributed by atoms with Crippen molar-refractivity contribution < 1.29 is 0 Å². The summed E-state index contributed by atoms with van der Waals surface area (Å²) in [5, 5.41) is 0. The molecule has 0 saturated carbocycles. The monoisotopic (exact) mass is 194 g/mol. The maximum absolute atomic E-state index is 6.34. The first-order valence-electron chi connectivity index (χ1n) is 4.52. The van der Waals surface area contributed by atoms with Crippen molar-refractivity contribution in [3.8, 4) is 0 Å². The van der Waals surface area contributed by atoms with Crippen molar-refractivity contribution >= 4 is 17.7 Å². The second kappa shape index (κ2) is 3.97. The highest BCUT2D eigenvalue weighted by Gasteiger charge is 2.20. The fourth-order valence-corrected chi connectivity index (χ4v) is 1.31. The number of alkyl halides is 1. The Labute approximate surface area is 85.2 Å². The molecule has 1 atom stereocenters. The van der Waals surface area contributed by atoms with Crippen molar-refractivity contribution in [2.45, 2.75) is 25.1 Å². The summed E-state index contributed by atoms with van der Waals surface area (Å²) < 4.78 is 0. The SMILES string of the molecule is C=Cc1cccc(C(C)(Cl)CC)c1. The lowest BCUT2D eigenvalue weighted by Gasteiger charge is -2.20. The Hall–Kier alpha value is -0.750. The molecule has 0 aliphatic heterocycles. The van der Waals surface area contributed by atoms with Crippen LogP contribution in [-0.4, -0.2) is 0 Å². The van der Waals surface area contributed by atoms with Gasteiger partial charge in [0.2, 0.25) is 0 Å². The van der Waals surface area contributed by atoms with Gasteiger partial charge in [0.25, 0.3) is 0 Å². The van der Waals surface area contributed by atoms with Crippen molar-refractivity contribution in [3.63, 3.8) is 0 Å². The average Bonchev–Trinajstić information content (AvgIpc) is 2.18. The second-order valence-corrected chi connectivity index (χ2v) is 4.21. The van der Waals surface area contributed by atoms with Crippen LogP contribution in [0.4, 0.5) is 0 Å². The van der Waals surface area contributed by atoms with Gasteiger partial charge >= 0.3 is 0 Å². The minimum absolute atomic E-state index is 0.251. The van der Waals surface area contributed by atoms with Gasteiger partial charge in [-0.25, -0.2) is 0 Å². The number of halogens is 1. The van der Waals surface area contributed by atoms with Crippen LogP contribution >= 0.6 is 11.6 Å². The van der Waals surface area contributed by atoms with E-state index in [1.54, 1.807) is 0 Å². The van der Waals surface area contributed by atoms with E-state index >= 15 is 0 Å². The predicted octanol–water partition coefficient (Wildman–Crippen LogP) is 4.19. The predicted molar refractivity (Wildman–Crippen MR) is 60.0 cm³/mol. The summed E-state index contributed by atoms with van der Waals surface area (Å²) in [5.74, 6) is 0. The zero-order valence-corrected chi connectivity index (χ0v) is 8.93. The summed E-state index contributed by atoms with van der Waals surface area (Å²) in [7, 11) is 0. The first-order valence-corrected chi connectivity index (χ1v) is 4.90. The molecule has 70 valence electrons. The van der Waals surface area contributed by atoms with E-state index in [1.807, 2.05) is 25.1 Å². The van der Waals surface area contributed by atoms with E-state index in [4.69, 9.17) is 11.6 Å². The fourth-order valence-electron chi connectivity index (χ4n) is 1.19. The topological polar surface area (TPSA) is 0 Å². The molecule has 1 aromatic rings. The third-order valence-electron chi connectivity index (χ3n) is 2.39. The molecule has 0 radical (unpaired) electrons. The Kier molecular flexibility index (Phi) is 3.16. The highest BCUT2D eigenvalue weighted by Crippen LogP contribution is 2.32. The lowest BCUT2D eigenvalue weighted by Crippen LogP contribution is -2.11. The van der Waals surface area contributed by atoms with Gasteiger partial charge < -0.3 is 0 Å². The molecular formula is C12H15Cl. The van der Waals surface area contributed by atoms with Crippen LogP contribution in [0.1, 0.15) is 31.4 Å². The minimum atomic E-state index is -0.251. The smallest absolute Gasteiger partial charge is 0.0664 e. The molecule has 0 saturated heterocycles. The molecule has 0 fully saturated rings. The average molecular weight is 195 g/mol. The number of hydrogen-bond acceptors (Lipinski definition) is 0. The first kappa shape index (κ1) is 10.3. The zero-order valence-electron chi connectivity index (χ0n) is 8.18. The molecule has 13 heavy (non-hydrogen) atoms. The van der Waals surface area contributed by atoms with Crippen LogP contribution in [0.3, 0.4) is 0 Å². The molecule has 1 aromatic carbocycles. The van der Waals surface area contributed by atoms with E-state index in [0.29, 0.717) is 0 Å². The van der Waals surface area contributed by atoms with Gasteiger partial charge in [0.1, 0.15) is 0 Å². The van der Waals surface area contributed by atoms with E-state index in [0.717, 1.165) is 17.5 Å². The summed E-state index contributed by atoms with van der Waals surface area (Å²) in [6.45, 7) is 7.87. The highest BCUT2D eigenvalue weighted by molar-refractivity contribution is 6.23. The fraction of sp³-hybridized carbons (Fsp3) is 0.333. The van der Waals surface area contributed by atoms with Crippen molar-refractivity contribution in [1.82, 2.24) is 0 Å². The van der Waals surface area contributed by atoms with Crippen molar-refractivity contribution in [3.05, 3.63) is 42.0 Å². The lowest BCUT2D eigenvalue weighted by molar-refractivity contribution is 0.650. The van der Waals surface area contributed by atoms with Gasteiger partial charge in [-0.2, -0.15) is 0 Å². The number of hydrogen-bond donors (Lipinski definition) is 0. The van der Waals surface area contributed by atoms with Crippen molar-refractivity contribution in [2.75, 3.05) is 0 Å².